The highest BCUT2D eigenvalue weighted by Crippen LogP contribution is 2.09. The predicted molar refractivity (Wildman–Crippen MR) is 103 cm³/mol. The fourth-order valence-electron chi connectivity index (χ4n) is 2.76. The van der Waals surface area contributed by atoms with Crippen molar-refractivity contribution < 1.29 is 19.4 Å². The zero-order chi connectivity index (χ0) is 19.8. The molecule has 0 spiro atoms. The number of aliphatic carboxylic acids is 1. The molecule has 0 fully saturated rings. The normalized spacial score (nSPS) is 11.6. The molecule has 1 unspecified atom stereocenters. The van der Waals surface area contributed by atoms with E-state index in [4.69, 9.17) is 4.74 Å². The summed E-state index contributed by atoms with van der Waals surface area (Å²) >= 11 is 0. The molecule has 1 atom stereocenters. The fourth-order valence-corrected chi connectivity index (χ4v) is 2.76. The third kappa shape index (κ3) is 5.44. The third-order valence-electron chi connectivity index (χ3n) is 4.21. The van der Waals surface area contributed by atoms with Gasteiger partial charge in [-0.3, -0.25) is 0 Å². The Labute approximate surface area is 162 Å². The predicted octanol–water partition coefficient (Wildman–Crippen LogP) is 2.85. The van der Waals surface area contributed by atoms with Crippen LogP contribution in [0, 0.1) is 0 Å². The van der Waals surface area contributed by atoms with Crippen molar-refractivity contribution in [3.05, 3.63) is 90.0 Å². The first kappa shape index (κ1) is 19.2. The first-order chi connectivity index (χ1) is 13.6. The Balaban J connectivity index is 1.60. The number of carboxylic acid groups (broad SMARTS) is 1. The highest BCUT2D eigenvalue weighted by Gasteiger charge is 2.23. The van der Waals surface area contributed by atoms with Crippen LogP contribution in [0.5, 0.6) is 0 Å². The summed E-state index contributed by atoms with van der Waals surface area (Å²) in [6, 6.07) is 17.9. The van der Waals surface area contributed by atoms with E-state index in [1.165, 1.54) is 0 Å². The van der Waals surface area contributed by atoms with Gasteiger partial charge in [0, 0.05) is 24.9 Å². The van der Waals surface area contributed by atoms with E-state index in [-0.39, 0.29) is 13.0 Å². The minimum atomic E-state index is -1.14. The van der Waals surface area contributed by atoms with E-state index in [1.807, 2.05) is 65.2 Å². The molecular weight excluding hydrogens is 358 g/mol. The molecular formula is C21H21N3O4. The van der Waals surface area contributed by atoms with E-state index in [0.29, 0.717) is 12.2 Å². The third-order valence-corrected chi connectivity index (χ3v) is 4.21. The quantitative estimate of drug-likeness (QED) is 0.628. The number of carbonyl (C=O) groups is 2. The van der Waals surface area contributed by atoms with Crippen LogP contribution in [0.3, 0.4) is 0 Å². The Hall–Kier alpha value is -3.61. The van der Waals surface area contributed by atoms with Gasteiger partial charge in [-0.2, -0.15) is 0 Å². The van der Waals surface area contributed by atoms with Crippen molar-refractivity contribution in [3.8, 4) is 0 Å². The van der Waals surface area contributed by atoms with Crippen molar-refractivity contribution in [2.75, 3.05) is 0 Å². The summed E-state index contributed by atoms with van der Waals surface area (Å²) in [5.74, 6) is -1.14. The number of hydrogen-bond acceptors (Lipinski definition) is 4. The van der Waals surface area contributed by atoms with Gasteiger partial charge < -0.3 is 19.7 Å². The summed E-state index contributed by atoms with van der Waals surface area (Å²) < 4.78 is 6.98. The van der Waals surface area contributed by atoms with Crippen molar-refractivity contribution in [1.29, 1.82) is 0 Å². The van der Waals surface area contributed by atoms with E-state index in [0.717, 1.165) is 11.1 Å². The number of amides is 1. The van der Waals surface area contributed by atoms with Crippen molar-refractivity contribution in [1.82, 2.24) is 14.9 Å². The van der Waals surface area contributed by atoms with E-state index in [2.05, 4.69) is 10.3 Å². The van der Waals surface area contributed by atoms with E-state index < -0.39 is 18.1 Å². The van der Waals surface area contributed by atoms with Gasteiger partial charge in [-0.1, -0.05) is 60.7 Å². The number of aromatic nitrogens is 2. The second kappa shape index (κ2) is 9.36. The molecule has 0 radical (unpaired) electrons. The van der Waals surface area contributed by atoms with Crippen LogP contribution in [0.1, 0.15) is 16.8 Å². The number of benzene rings is 2. The highest BCUT2D eigenvalue weighted by atomic mass is 16.5. The first-order valence-electron chi connectivity index (χ1n) is 8.85. The molecule has 0 aliphatic carbocycles. The lowest BCUT2D eigenvalue weighted by Gasteiger charge is -2.16. The molecule has 0 saturated heterocycles. The second-order valence-electron chi connectivity index (χ2n) is 6.30. The monoisotopic (exact) mass is 379 g/mol. The number of nitrogens with zero attached hydrogens (tertiary/aromatic N) is 2. The molecule has 1 heterocycles. The molecule has 7 nitrogen and oxygen atoms in total. The molecule has 0 aliphatic rings. The van der Waals surface area contributed by atoms with Gasteiger partial charge in [0.05, 0.1) is 6.33 Å². The zero-order valence-electron chi connectivity index (χ0n) is 15.2. The Morgan fingerprint density at radius 1 is 1.04 bits per heavy atom. The number of imidazole rings is 1. The van der Waals surface area contributed by atoms with Crippen LogP contribution >= 0.6 is 0 Å². The van der Waals surface area contributed by atoms with Gasteiger partial charge >= 0.3 is 12.1 Å². The van der Waals surface area contributed by atoms with Gasteiger partial charge in [0.25, 0.3) is 0 Å². The minimum absolute atomic E-state index is 0.0744. The van der Waals surface area contributed by atoms with Crippen molar-refractivity contribution in [3.63, 3.8) is 0 Å². The van der Waals surface area contributed by atoms with Crippen molar-refractivity contribution in [2.45, 2.75) is 25.6 Å². The smallest absolute Gasteiger partial charge is 0.408 e. The summed E-state index contributed by atoms with van der Waals surface area (Å²) in [5, 5.41) is 11.9. The Morgan fingerprint density at radius 3 is 2.32 bits per heavy atom. The Morgan fingerprint density at radius 2 is 1.68 bits per heavy atom. The number of carbonyl (C=O) groups excluding carboxylic acids is 1. The standard InChI is InChI=1S/C21H21N3O4/c25-20(26)19(23-21(27)28-14-17-9-5-2-6-10-17)11-18-12-22-15-24(18)13-16-7-3-1-4-8-16/h1-10,12,15,19H,11,13-14H2,(H,23,27)(H,25,26). The SMILES string of the molecule is O=C(NC(Cc1cncn1Cc1ccccc1)C(=O)O)OCc1ccccc1. The van der Waals surface area contributed by atoms with Crippen LogP contribution in [0.4, 0.5) is 4.79 Å². The lowest BCUT2D eigenvalue weighted by molar-refractivity contribution is -0.139. The molecule has 0 saturated carbocycles. The second-order valence-corrected chi connectivity index (χ2v) is 6.30. The van der Waals surface area contributed by atoms with Crippen LogP contribution < -0.4 is 5.32 Å². The van der Waals surface area contributed by atoms with Gasteiger partial charge in [-0.25, -0.2) is 14.6 Å². The van der Waals surface area contributed by atoms with Gasteiger partial charge in [-0.15, -0.1) is 0 Å². The summed E-state index contributed by atoms with van der Waals surface area (Å²) in [4.78, 5) is 27.7. The molecule has 2 aromatic carbocycles. The average Bonchev–Trinajstić information content (AvgIpc) is 3.14. The molecule has 2 N–H and O–H groups in total. The minimum Gasteiger partial charge on any atom is -0.480 e. The maximum atomic E-state index is 12.0. The largest absolute Gasteiger partial charge is 0.480 e. The first-order valence-corrected chi connectivity index (χ1v) is 8.85. The van der Waals surface area contributed by atoms with Gasteiger partial charge in [0.1, 0.15) is 12.6 Å². The maximum Gasteiger partial charge on any atom is 0.408 e. The number of alkyl carbamates (subject to hydrolysis) is 1. The fraction of sp³-hybridized carbons (Fsp3) is 0.190. The van der Waals surface area contributed by atoms with Gasteiger partial charge in [0.15, 0.2) is 0 Å². The van der Waals surface area contributed by atoms with Crippen LogP contribution in [0.2, 0.25) is 0 Å². The number of ether oxygens (including phenoxy) is 1. The molecule has 0 aliphatic heterocycles. The van der Waals surface area contributed by atoms with E-state index in [1.54, 1.807) is 12.5 Å². The number of carboxylic acids is 1. The van der Waals surface area contributed by atoms with Gasteiger partial charge in [-0.05, 0) is 11.1 Å². The maximum absolute atomic E-state index is 12.0. The molecule has 144 valence electrons. The topological polar surface area (TPSA) is 93.5 Å². The highest BCUT2D eigenvalue weighted by molar-refractivity contribution is 5.80. The molecule has 3 aromatic rings. The number of rotatable bonds is 8. The van der Waals surface area contributed by atoms with Gasteiger partial charge in [0.2, 0.25) is 0 Å². The average molecular weight is 379 g/mol. The van der Waals surface area contributed by atoms with E-state index in [9.17, 15) is 14.7 Å². The van der Waals surface area contributed by atoms with Crippen molar-refractivity contribution >= 4 is 12.1 Å². The lowest BCUT2D eigenvalue weighted by atomic mass is 10.1. The number of hydrogen-bond donors (Lipinski definition) is 2. The molecule has 28 heavy (non-hydrogen) atoms. The Kier molecular flexibility index (Phi) is 6.41. The van der Waals surface area contributed by atoms with Crippen LogP contribution in [-0.2, 0) is 29.1 Å². The zero-order valence-corrected chi connectivity index (χ0v) is 15.2. The Bertz CT molecular complexity index is 910. The summed E-state index contributed by atoms with van der Waals surface area (Å²) in [6.45, 7) is 0.645. The molecule has 7 heteroatoms. The molecule has 3 rings (SSSR count). The van der Waals surface area contributed by atoms with Crippen LogP contribution in [-0.4, -0.2) is 32.8 Å². The van der Waals surface area contributed by atoms with E-state index >= 15 is 0 Å². The summed E-state index contributed by atoms with van der Waals surface area (Å²) in [6.07, 6.45) is 2.58. The van der Waals surface area contributed by atoms with Crippen LogP contribution in [0.25, 0.3) is 0 Å². The lowest BCUT2D eigenvalue weighted by Crippen LogP contribution is -2.42. The molecule has 1 amide bonds. The van der Waals surface area contributed by atoms with Crippen LogP contribution in [0.15, 0.2) is 73.2 Å². The molecule has 0 bridgehead atoms. The molecule has 1 aromatic heterocycles. The summed E-state index contributed by atoms with van der Waals surface area (Å²) in [7, 11) is 0. The number of nitrogens with one attached hydrogen (secondary N) is 1. The van der Waals surface area contributed by atoms with Crippen molar-refractivity contribution in [2.24, 2.45) is 0 Å². The summed E-state index contributed by atoms with van der Waals surface area (Å²) in [5.41, 5.74) is 2.61.